The number of pyridine rings is 1. The van der Waals surface area contributed by atoms with Crippen LogP contribution in [-0.2, 0) is 9.53 Å². The van der Waals surface area contributed by atoms with Crippen molar-refractivity contribution in [2.45, 2.75) is 12.5 Å². The van der Waals surface area contributed by atoms with Gasteiger partial charge >= 0.3 is 5.97 Å². The van der Waals surface area contributed by atoms with Gasteiger partial charge in [-0.3, -0.25) is 9.59 Å². The van der Waals surface area contributed by atoms with Gasteiger partial charge in [0.25, 0.3) is 5.91 Å². The molecule has 6 nitrogen and oxygen atoms in total. The molecule has 1 atom stereocenters. The number of ether oxygens (including phenoxy) is 1. The van der Waals surface area contributed by atoms with Gasteiger partial charge in [-0.25, -0.2) is 4.98 Å². The number of aliphatic carboxylic acids is 1. The summed E-state index contributed by atoms with van der Waals surface area (Å²) in [5.41, 5.74) is 0.248. The summed E-state index contributed by atoms with van der Waals surface area (Å²) in [6.07, 6.45) is 1.33. The molecule has 0 aromatic carbocycles. The Morgan fingerprint density at radius 1 is 1.60 bits per heavy atom. The van der Waals surface area contributed by atoms with E-state index < -0.39 is 12.0 Å². The van der Waals surface area contributed by atoms with E-state index in [0.29, 0.717) is 17.6 Å². The second-order valence-electron chi connectivity index (χ2n) is 4.32. The predicted octanol–water partition coefficient (Wildman–Crippen LogP) is 1.81. The molecule has 1 saturated heterocycles. The van der Waals surface area contributed by atoms with Crippen molar-refractivity contribution < 1.29 is 19.4 Å². The van der Waals surface area contributed by atoms with Crippen LogP contribution in [0.3, 0.4) is 0 Å². The average Bonchev–Trinajstić information content (AvgIpc) is 2.41. The second kappa shape index (κ2) is 6.51. The van der Waals surface area contributed by atoms with Crippen molar-refractivity contribution >= 4 is 39.4 Å². The first kappa shape index (κ1) is 15.2. The Morgan fingerprint density at radius 2 is 2.35 bits per heavy atom. The third-order valence-electron chi connectivity index (χ3n) is 2.93. The van der Waals surface area contributed by atoms with E-state index >= 15 is 0 Å². The standard InChI is InChI=1S/C12H12BrClN2O4/c13-7-3-9(11(14)15-5-7)12(19)16-1-2-20-6-8(16)4-10(17)18/h3,5,8H,1-2,4,6H2,(H,17,18). The highest BCUT2D eigenvalue weighted by molar-refractivity contribution is 9.10. The number of morpholine rings is 1. The molecule has 108 valence electrons. The minimum Gasteiger partial charge on any atom is -0.481 e. The Bertz CT molecular complexity index is 540. The van der Waals surface area contributed by atoms with Gasteiger partial charge in [0.1, 0.15) is 5.15 Å². The van der Waals surface area contributed by atoms with Crippen LogP contribution >= 0.6 is 27.5 Å². The molecule has 0 radical (unpaired) electrons. The summed E-state index contributed by atoms with van der Waals surface area (Å²) in [5.74, 6) is -1.31. The molecule has 1 aliphatic rings. The average molecular weight is 364 g/mol. The number of rotatable bonds is 3. The molecule has 1 fully saturated rings. The maximum absolute atomic E-state index is 12.5. The SMILES string of the molecule is O=C(O)CC1COCCN1C(=O)c1cc(Br)cnc1Cl. The Morgan fingerprint density at radius 3 is 3.05 bits per heavy atom. The summed E-state index contributed by atoms with van der Waals surface area (Å²) in [6.45, 7) is 0.914. The van der Waals surface area contributed by atoms with E-state index in [4.69, 9.17) is 21.4 Å². The van der Waals surface area contributed by atoms with Crippen LogP contribution in [0, 0.1) is 0 Å². The molecule has 1 unspecified atom stereocenters. The Hall–Kier alpha value is -1.18. The summed E-state index contributed by atoms with van der Waals surface area (Å²) in [6, 6.07) is 1.08. The Balaban J connectivity index is 2.25. The zero-order valence-electron chi connectivity index (χ0n) is 10.4. The summed E-state index contributed by atoms with van der Waals surface area (Å²) in [4.78, 5) is 28.7. The molecule has 1 aliphatic heterocycles. The molecule has 2 rings (SSSR count). The van der Waals surface area contributed by atoms with Gasteiger partial charge in [0.05, 0.1) is 31.2 Å². The molecule has 1 aromatic heterocycles. The van der Waals surface area contributed by atoms with Gasteiger partial charge < -0.3 is 14.7 Å². The molecule has 1 aromatic rings. The number of hydrogen-bond donors (Lipinski definition) is 1. The number of halogens is 2. The van der Waals surface area contributed by atoms with E-state index in [1.54, 1.807) is 6.07 Å². The number of nitrogens with zero attached hydrogens (tertiary/aromatic N) is 2. The number of carboxylic acids is 1. The zero-order valence-corrected chi connectivity index (χ0v) is 12.7. The number of carbonyl (C=O) groups excluding carboxylic acids is 1. The lowest BCUT2D eigenvalue weighted by atomic mass is 10.1. The monoisotopic (exact) mass is 362 g/mol. The van der Waals surface area contributed by atoms with Crippen molar-refractivity contribution in [2.24, 2.45) is 0 Å². The van der Waals surface area contributed by atoms with Gasteiger partial charge in [-0.1, -0.05) is 11.6 Å². The number of amides is 1. The summed E-state index contributed by atoms with van der Waals surface area (Å²) in [7, 11) is 0. The van der Waals surface area contributed by atoms with Gasteiger partial charge in [-0.05, 0) is 22.0 Å². The van der Waals surface area contributed by atoms with E-state index in [2.05, 4.69) is 20.9 Å². The molecular formula is C12H12BrClN2O4. The van der Waals surface area contributed by atoms with Crippen LogP contribution in [-0.4, -0.2) is 52.7 Å². The van der Waals surface area contributed by atoms with Crippen molar-refractivity contribution in [3.05, 3.63) is 27.5 Å². The highest BCUT2D eigenvalue weighted by Gasteiger charge is 2.31. The molecule has 1 N–H and O–H groups in total. The van der Waals surface area contributed by atoms with E-state index in [1.807, 2.05) is 0 Å². The van der Waals surface area contributed by atoms with Crippen molar-refractivity contribution in [3.63, 3.8) is 0 Å². The third-order valence-corrected chi connectivity index (χ3v) is 3.67. The van der Waals surface area contributed by atoms with Crippen molar-refractivity contribution in [1.82, 2.24) is 9.88 Å². The van der Waals surface area contributed by atoms with Crippen molar-refractivity contribution in [1.29, 1.82) is 0 Å². The lowest BCUT2D eigenvalue weighted by Crippen LogP contribution is -2.49. The van der Waals surface area contributed by atoms with Gasteiger partial charge in [0, 0.05) is 17.2 Å². The predicted molar refractivity (Wildman–Crippen MR) is 74.8 cm³/mol. The van der Waals surface area contributed by atoms with Crippen LogP contribution in [0.1, 0.15) is 16.8 Å². The topological polar surface area (TPSA) is 79.7 Å². The largest absolute Gasteiger partial charge is 0.481 e. The van der Waals surface area contributed by atoms with Crippen LogP contribution < -0.4 is 0 Å². The van der Waals surface area contributed by atoms with E-state index in [1.165, 1.54) is 11.1 Å². The maximum atomic E-state index is 12.5. The number of aromatic nitrogens is 1. The minimum atomic E-state index is -0.975. The van der Waals surface area contributed by atoms with Crippen LogP contribution in [0.4, 0.5) is 0 Å². The first-order valence-corrected chi connectivity index (χ1v) is 7.07. The van der Waals surface area contributed by atoms with Crippen molar-refractivity contribution in [2.75, 3.05) is 19.8 Å². The number of carboxylic acid groups (broad SMARTS) is 1. The van der Waals surface area contributed by atoms with E-state index in [-0.39, 0.29) is 29.7 Å². The smallest absolute Gasteiger partial charge is 0.305 e. The van der Waals surface area contributed by atoms with Crippen LogP contribution in [0.25, 0.3) is 0 Å². The van der Waals surface area contributed by atoms with Gasteiger partial charge in [-0.2, -0.15) is 0 Å². The first-order chi connectivity index (χ1) is 9.49. The van der Waals surface area contributed by atoms with Gasteiger partial charge in [0.2, 0.25) is 0 Å². The first-order valence-electron chi connectivity index (χ1n) is 5.90. The fourth-order valence-electron chi connectivity index (χ4n) is 2.02. The normalized spacial score (nSPS) is 18.9. The van der Waals surface area contributed by atoms with Crippen LogP contribution in [0.2, 0.25) is 5.15 Å². The lowest BCUT2D eigenvalue weighted by Gasteiger charge is -2.35. The van der Waals surface area contributed by atoms with Crippen LogP contribution in [0.5, 0.6) is 0 Å². The highest BCUT2D eigenvalue weighted by Crippen LogP contribution is 2.22. The Kier molecular flexibility index (Phi) is 4.95. The fraction of sp³-hybridized carbons (Fsp3) is 0.417. The molecule has 0 aliphatic carbocycles. The van der Waals surface area contributed by atoms with E-state index in [0.717, 1.165) is 0 Å². The third kappa shape index (κ3) is 3.47. The fourth-order valence-corrected chi connectivity index (χ4v) is 2.54. The Labute approximate surface area is 128 Å². The van der Waals surface area contributed by atoms with E-state index in [9.17, 15) is 9.59 Å². The van der Waals surface area contributed by atoms with Gasteiger partial charge in [0.15, 0.2) is 0 Å². The summed E-state index contributed by atoms with van der Waals surface area (Å²) in [5, 5.41) is 8.99. The molecule has 20 heavy (non-hydrogen) atoms. The molecule has 0 bridgehead atoms. The maximum Gasteiger partial charge on any atom is 0.305 e. The zero-order chi connectivity index (χ0) is 14.7. The van der Waals surface area contributed by atoms with Gasteiger partial charge in [-0.15, -0.1) is 0 Å². The molecular weight excluding hydrogens is 351 g/mol. The molecule has 1 amide bonds. The highest BCUT2D eigenvalue weighted by atomic mass is 79.9. The molecule has 0 spiro atoms. The van der Waals surface area contributed by atoms with Crippen LogP contribution in [0.15, 0.2) is 16.7 Å². The second-order valence-corrected chi connectivity index (χ2v) is 5.59. The molecule has 2 heterocycles. The lowest BCUT2D eigenvalue weighted by molar-refractivity contribution is -0.139. The quantitative estimate of drug-likeness (QED) is 0.829. The molecule has 8 heteroatoms. The number of hydrogen-bond acceptors (Lipinski definition) is 4. The summed E-state index contributed by atoms with van der Waals surface area (Å²) >= 11 is 9.17. The molecule has 0 saturated carbocycles. The number of carbonyl (C=O) groups is 2. The minimum absolute atomic E-state index is 0.0961. The van der Waals surface area contributed by atoms with Crippen molar-refractivity contribution in [3.8, 4) is 0 Å². The summed E-state index contributed by atoms with van der Waals surface area (Å²) < 4.78 is 5.87.